The summed E-state index contributed by atoms with van der Waals surface area (Å²) in [6.45, 7) is 7.05. The van der Waals surface area contributed by atoms with Crippen molar-refractivity contribution in [1.29, 1.82) is 0 Å². The Hall–Kier alpha value is -2.97. The summed E-state index contributed by atoms with van der Waals surface area (Å²) in [6, 6.07) is 3.58. The molecule has 0 bridgehead atoms. The van der Waals surface area contributed by atoms with Crippen LogP contribution in [0.3, 0.4) is 0 Å². The van der Waals surface area contributed by atoms with Crippen molar-refractivity contribution < 1.29 is 19.3 Å². The predicted octanol–water partition coefficient (Wildman–Crippen LogP) is 4.57. The van der Waals surface area contributed by atoms with E-state index in [1.165, 1.54) is 17.0 Å². The second-order valence-electron chi connectivity index (χ2n) is 9.35. The molecule has 34 heavy (non-hydrogen) atoms. The number of imide groups is 2. The second-order valence-corrected chi connectivity index (χ2v) is 9.35. The number of barbiturate groups is 1. The van der Waals surface area contributed by atoms with Crippen molar-refractivity contribution >= 4 is 29.2 Å². The summed E-state index contributed by atoms with van der Waals surface area (Å²) in [5.74, 6) is -1.07. The number of fused-ring (bicyclic) bond motifs is 1. The average Bonchev–Trinajstić information content (AvgIpc) is 2.81. The lowest BCUT2D eigenvalue weighted by atomic mass is 9.67. The lowest BCUT2D eigenvalue weighted by Crippen LogP contribution is -2.72. The molecule has 1 N–H and O–H groups in total. The van der Waals surface area contributed by atoms with Crippen molar-refractivity contribution in [3.05, 3.63) is 33.9 Å². The van der Waals surface area contributed by atoms with Crippen molar-refractivity contribution in [1.82, 2.24) is 10.2 Å². The third-order valence-corrected chi connectivity index (χ3v) is 7.05. The van der Waals surface area contributed by atoms with Gasteiger partial charge in [-0.05, 0) is 30.9 Å². The van der Waals surface area contributed by atoms with Crippen molar-refractivity contribution in [2.45, 2.75) is 84.6 Å². The van der Waals surface area contributed by atoms with Gasteiger partial charge in [-0.2, -0.15) is 0 Å². The van der Waals surface area contributed by atoms with E-state index in [0.717, 1.165) is 44.2 Å². The molecule has 2 atom stereocenters. The zero-order valence-corrected chi connectivity index (χ0v) is 20.5. The summed E-state index contributed by atoms with van der Waals surface area (Å²) in [5, 5.41) is 13.9. The number of nitro groups is 1. The Kier molecular flexibility index (Phi) is 8.28. The molecule has 0 saturated carbocycles. The highest BCUT2D eigenvalue weighted by Gasteiger charge is 2.61. The molecule has 1 aromatic carbocycles. The number of nitrogens with zero attached hydrogens (tertiary/aromatic N) is 3. The number of urea groups is 1. The van der Waals surface area contributed by atoms with Crippen LogP contribution in [0.2, 0.25) is 0 Å². The standard InChI is InChI=1S/C25H36N4O5/c1-4-7-9-10-15-28-23(31)25(22(30)26-24(28)32)17-18-16-19(29(33)34)12-13-20(18)27(14-8-5-2)21(25)11-6-3/h12-13,16,21H,4-11,14-15,17H2,1-3H3,(H,26,30,32)/t21-,25-/m1/s1. The number of hydrogen-bond donors (Lipinski definition) is 1. The van der Waals surface area contributed by atoms with Gasteiger partial charge in [-0.25, -0.2) is 4.79 Å². The molecular weight excluding hydrogens is 436 g/mol. The maximum Gasteiger partial charge on any atom is 0.330 e. The Morgan fingerprint density at radius 3 is 2.41 bits per heavy atom. The topological polar surface area (TPSA) is 113 Å². The monoisotopic (exact) mass is 472 g/mol. The zero-order valence-electron chi connectivity index (χ0n) is 20.5. The van der Waals surface area contributed by atoms with E-state index in [9.17, 15) is 24.5 Å². The molecule has 2 aliphatic heterocycles. The summed E-state index contributed by atoms with van der Waals surface area (Å²) in [6.07, 6.45) is 6.77. The fraction of sp³-hybridized carbons (Fsp3) is 0.640. The minimum Gasteiger partial charge on any atom is -0.367 e. The summed E-state index contributed by atoms with van der Waals surface area (Å²) in [7, 11) is 0. The molecule has 1 fully saturated rings. The number of rotatable bonds is 11. The van der Waals surface area contributed by atoms with Gasteiger partial charge in [-0.3, -0.25) is 29.9 Å². The number of anilines is 1. The van der Waals surface area contributed by atoms with Crippen LogP contribution in [-0.2, 0) is 16.0 Å². The normalized spacial score (nSPS) is 22.2. The smallest absolute Gasteiger partial charge is 0.330 e. The first-order valence-corrected chi connectivity index (χ1v) is 12.5. The molecule has 0 unspecified atom stereocenters. The average molecular weight is 473 g/mol. The van der Waals surface area contributed by atoms with E-state index in [4.69, 9.17) is 0 Å². The Morgan fingerprint density at radius 1 is 1.03 bits per heavy atom. The highest BCUT2D eigenvalue weighted by molar-refractivity contribution is 6.20. The first kappa shape index (κ1) is 25.6. The van der Waals surface area contributed by atoms with Gasteiger partial charge in [-0.15, -0.1) is 0 Å². The molecule has 0 aliphatic carbocycles. The number of carbonyl (C=O) groups is 3. The van der Waals surface area contributed by atoms with Gasteiger partial charge in [0.2, 0.25) is 11.8 Å². The van der Waals surface area contributed by atoms with Crippen LogP contribution >= 0.6 is 0 Å². The molecule has 4 amide bonds. The minimum absolute atomic E-state index is 0.0424. The number of benzene rings is 1. The van der Waals surface area contributed by atoms with Crippen LogP contribution in [-0.4, -0.2) is 46.8 Å². The van der Waals surface area contributed by atoms with Gasteiger partial charge in [0, 0.05) is 37.3 Å². The molecule has 9 nitrogen and oxygen atoms in total. The highest BCUT2D eigenvalue weighted by atomic mass is 16.6. The molecule has 0 radical (unpaired) electrons. The van der Waals surface area contributed by atoms with E-state index >= 15 is 0 Å². The lowest BCUT2D eigenvalue weighted by Gasteiger charge is -2.52. The van der Waals surface area contributed by atoms with E-state index in [1.807, 2.05) is 6.92 Å². The summed E-state index contributed by atoms with van der Waals surface area (Å²) < 4.78 is 0. The highest BCUT2D eigenvalue weighted by Crippen LogP contribution is 2.47. The number of nitro benzene ring substituents is 1. The van der Waals surface area contributed by atoms with Crippen LogP contribution in [0.1, 0.15) is 77.7 Å². The Labute approximate surface area is 201 Å². The van der Waals surface area contributed by atoms with Crippen molar-refractivity contribution in [2.75, 3.05) is 18.0 Å². The molecule has 9 heteroatoms. The molecule has 186 valence electrons. The van der Waals surface area contributed by atoms with Gasteiger partial charge < -0.3 is 4.90 Å². The zero-order chi connectivity index (χ0) is 24.9. The SMILES string of the molecule is CCCCCCN1C(=O)NC(=O)[C@]2(Cc3cc([N+](=O)[O-])ccc3N(CCCC)[C@@H]2CCC)C1=O. The van der Waals surface area contributed by atoms with E-state index in [0.29, 0.717) is 24.9 Å². The van der Waals surface area contributed by atoms with Crippen molar-refractivity contribution in [3.63, 3.8) is 0 Å². The molecular formula is C25H36N4O5. The van der Waals surface area contributed by atoms with Crippen molar-refractivity contribution in [2.24, 2.45) is 5.41 Å². The van der Waals surface area contributed by atoms with Gasteiger partial charge in [0.1, 0.15) is 0 Å². The largest absolute Gasteiger partial charge is 0.367 e. The Morgan fingerprint density at radius 2 is 1.76 bits per heavy atom. The Balaban J connectivity index is 2.10. The van der Waals surface area contributed by atoms with Gasteiger partial charge in [0.15, 0.2) is 5.41 Å². The molecule has 2 aliphatic rings. The summed E-state index contributed by atoms with van der Waals surface area (Å²) in [4.78, 5) is 54.5. The molecule has 1 saturated heterocycles. The van der Waals surface area contributed by atoms with Gasteiger partial charge in [0.25, 0.3) is 5.69 Å². The van der Waals surface area contributed by atoms with Crippen LogP contribution < -0.4 is 10.2 Å². The van der Waals surface area contributed by atoms with E-state index in [2.05, 4.69) is 24.1 Å². The lowest BCUT2D eigenvalue weighted by molar-refractivity contribution is -0.384. The van der Waals surface area contributed by atoms with Crippen LogP contribution in [0.5, 0.6) is 0 Å². The third-order valence-electron chi connectivity index (χ3n) is 7.05. The molecule has 1 spiro atoms. The number of unbranched alkanes of at least 4 members (excludes halogenated alkanes) is 4. The van der Waals surface area contributed by atoms with Gasteiger partial charge >= 0.3 is 6.03 Å². The van der Waals surface area contributed by atoms with E-state index < -0.39 is 34.2 Å². The van der Waals surface area contributed by atoms with Gasteiger partial charge in [-0.1, -0.05) is 52.9 Å². The maximum absolute atomic E-state index is 14.0. The fourth-order valence-corrected chi connectivity index (χ4v) is 5.30. The first-order valence-electron chi connectivity index (χ1n) is 12.5. The summed E-state index contributed by atoms with van der Waals surface area (Å²) in [5.41, 5.74) is -0.143. The van der Waals surface area contributed by atoms with Crippen molar-refractivity contribution in [3.8, 4) is 0 Å². The number of nitrogens with one attached hydrogen (secondary N) is 1. The summed E-state index contributed by atoms with van der Waals surface area (Å²) >= 11 is 0. The van der Waals surface area contributed by atoms with Gasteiger partial charge in [0.05, 0.1) is 11.0 Å². The third kappa shape index (κ3) is 4.65. The number of non-ortho nitro benzene ring substituents is 1. The molecule has 0 aromatic heterocycles. The number of carbonyl (C=O) groups excluding carboxylic acids is 3. The number of amides is 4. The fourth-order valence-electron chi connectivity index (χ4n) is 5.30. The molecule has 2 heterocycles. The minimum atomic E-state index is -1.50. The van der Waals surface area contributed by atoms with Crippen LogP contribution in [0, 0.1) is 15.5 Å². The predicted molar refractivity (Wildman–Crippen MR) is 130 cm³/mol. The molecule has 1 aromatic rings. The van der Waals surface area contributed by atoms with Crippen LogP contribution in [0.15, 0.2) is 18.2 Å². The quantitative estimate of drug-likeness (QED) is 0.218. The van der Waals surface area contributed by atoms with E-state index in [-0.39, 0.29) is 18.7 Å². The van der Waals surface area contributed by atoms with Crippen LogP contribution in [0.4, 0.5) is 16.2 Å². The van der Waals surface area contributed by atoms with E-state index in [1.54, 1.807) is 6.07 Å². The maximum atomic E-state index is 14.0. The number of hydrogen-bond acceptors (Lipinski definition) is 6. The molecule has 3 rings (SSSR count). The van der Waals surface area contributed by atoms with Crippen LogP contribution in [0.25, 0.3) is 0 Å². The second kappa shape index (κ2) is 11.0. The first-order chi connectivity index (χ1) is 16.3. The Bertz CT molecular complexity index is 949.